The molecule has 5 rings (SSSR count). The lowest BCUT2D eigenvalue weighted by molar-refractivity contribution is -0.140. The summed E-state index contributed by atoms with van der Waals surface area (Å²) >= 11 is 3.31. The first-order valence-electron chi connectivity index (χ1n) is 11.0. The molecule has 9 nitrogen and oxygen atoms in total. The van der Waals surface area contributed by atoms with Crippen molar-refractivity contribution in [1.82, 2.24) is 9.88 Å². The van der Waals surface area contributed by atoms with Crippen LogP contribution in [0.1, 0.15) is 22.7 Å². The molecule has 1 atom stereocenters. The summed E-state index contributed by atoms with van der Waals surface area (Å²) in [6, 6.07) is 10.5. The highest BCUT2D eigenvalue weighted by Crippen LogP contribution is 2.45. The minimum atomic E-state index is -0.968. The summed E-state index contributed by atoms with van der Waals surface area (Å²) in [5, 5.41) is 21.7. The van der Waals surface area contributed by atoms with Crippen LogP contribution < -0.4 is 14.2 Å². The molecule has 2 aliphatic rings. The molecule has 2 aromatic carbocycles. The van der Waals surface area contributed by atoms with Crippen molar-refractivity contribution >= 4 is 33.4 Å². The first kappa shape index (κ1) is 23.7. The molecular formula is C26H21BrN2O7. The molecule has 2 aliphatic heterocycles. The van der Waals surface area contributed by atoms with Crippen molar-refractivity contribution in [2.24, 2.45) is 0 Å². The molecule has 36 heavy (non-hydrogen) atoms. The first-order chi connectivity index (χ1) is 17.4. The van der Waals surface area contributed by atoms with E-state index in [1.807, 2.05) is 0 Å². The molecule has 3 heterocycles. The smallest absolute Gasteiger partial charge is 0.295 e. The second-order valence-electron chi connectivity index (χ2n) is 8.20. The lowest BCUT2D eigenvalue weighted by Gasteiger charge is -2.26. The maximum Gasteiger partial charge on any atom is 0.295 e. The normalized spacial score (nSPS) is 18.4. The molecule has 1 aromatic heterocycles. The van der Waals surface area contributed by atoms with Crippen LogP contribution in [0.15, 0.2) is 64.9 Å². The molecule has 0 saturated carbocycles. The van der Waals surface area contributed by atoms with Crippen LogP contribution in [0.2, 0.25) is 0 Å². The number of aliphatic hydroxyl groups is 1. The van der Waals surface area contributed by atoms with E-state index in [-0.39, 0.29) is 29.4 Å². The van der Waals surface area contributed by atoms with E-state index in [9.17, 15) is 19.8 Å². The van der Waals surface area contributed by atoms with Crippen molar-refractivity contribution in [3.05, 3.63) is 81.6 Å². The summed E-state index contributed by atoms with van der Waals surface area (Å²) in [5.41, 5.74) is 1.36. The fourth-order valence-electron chi connectivity index (χ4n) is 4.33. The zero-order valence-electron chi connectivity index (χ0n) is 19.1. The summed E-state index contributed by atoms with van der Waals surface area (Å²) in [7, 11) is 1.40. The van der Waals surface area contributed by atoms with Gasteiger partial charge in [0.25, 0.3) is 11.7 Å². The molecule has 0 radical (unpaired) electrons. The molecule has 2 N–H and O–H groups in total. The average molecular weight is 553 g/mol. The van der Waals surface area contributed by atoms with Gasteiger partial charge in [-0.3, -0.25) is 14.6 Å². The fourth-order valence-corrected chi connectivity index (χ4v) is 4.79. The van der Waals surface area contributed by atoms with Crippen LogP contribution in [0.5, 0.6) is 23.0 Å². The van der Waals surface area contributed by atoms with Crippen LogP contribution >= 0.6 is 15.9 Å². The van der Waals surface area contributed by atoms with Gasteiger partial charge in [-0.1, -0.05) is 6.07 Å². The lowest BCUT2D eigenvalue weighted by atomic mass is 9.94. The molecule has 0 aliphatic carbocycles. The molecule has 10 heteroatoms. The van der Waals surface area contributed by atoms with E-state index in [2.05, 4.69) is 20.9 Å². The molecule has 1 fully saturated rings. The summed E-state index contributed by atoms with van der Waals surface area (Å²) in [4.78, 5) is 32.0. The number of Topliss-reactive ketones (excluding diaryl/α,β-unsaturated/α-hetero) is 1. The van der Waals surface area contributed by atoms with Crippen molar-refractivity contribution in [2.45, 2.75) is 12.6 Å². The summed E-state index contributed by atoms with van der Waals surface area (Å²) in [5.74, 6) is -0.986. The maximum absolute atomic E-state index is 13.3. The van der Waals surface area contributed by atoms with E-state index < -0.39 is 17.7 Å². The van der Waals surface area contributed by atoms with Crippen molar-refractivity contribution in [3.8, 4) is 23.0 Å². The van der Waals surface area contributed by atoms with E-state index >= 15 is 0 Å². The third-order valence-corrected chi connectivity index (χ3v) is 6.62. The van der Waals surface area contributed by atoms with E-state index in [4.69, 9.17) is 14.2 Å². The van der Waals surface area contributed by atoms with Gasteiger partial charge in [0, 0.05) is 24.5 Å². The number of ether oxygens (including phenoxy) is 3. The Hall–Kier alpha value is -4.05. The van der Waals surface area contributed by atoms with Crippen molar-refractivity contribution in [1.29, 1.82) is 0 Å². The van der Waals surface area contributed by atoms with Gasteiger partial charge in [-0.15, -0.1) is 0 Å². The first-order valence-corrected chi connectivity index (χ1v) is 11.8. The third kappa shape index (κ3) is 4.13. The number of phenols is 1. The number of ketones is 1. The van der Waals surface area contributed by atoms with Gasteiger partial charge in [0.2, 0.25) is 0 Å². The van der Waals surface area contributed by atoms with Gasteiger partial charge >= 0.3 is 0 Å². The summed E-state index contributed by atoms with van der Waals surface area (Å²) in [6.07, 6.45) is 3.21. The Balaban J connectivity index is 1.68. The number of pyridine rings is 1. The predicted molar refractivity (Wildman–Crippen MR) is 132 cm³/mol. The Bertz CT molecular complexity index is 1390. The van der Waals surface area contributed by atoms with Gasteiger partial charge in [0.1, 0.15) is 19.0 Å². The second-order valence-corrected chi connectivity index (χ2v) is 9.05. The number of carbonyl (C=O) groups excluding carboxylic acids is 2. The zero-order chi connectivity index (χ0) is 25.4. The predicted octanol–water partition coefficient (Wildman–Crippen LogP) is 3.95. The Morgan fingerprint density at radius 3 is 2.67 bits per heavy atom. The number of aliphatic hydroxyl groups excluding tert-OH is 1. The van der Waals surface area contributed by atoms with Crippen LogP contribution in [-0.2, 0) is 16.1 Å². The van der Waals surface area contributed by atoms with E-state index in [0.717, 1.165) is 0 Å². The second kappa shape index (κ2) is 9.54. The molecule has 0 spiro atoms. The molecule has 0 bridgehead atoms. The molecule has 184 valence electrons. The van der Waals surface area contributed by atoms with Crippen LogP contribution in [-0.4, -0.2) is 52.1 Å². The Morgan fingerprint density at radius 2 is 1.94 bits per heavy atom. The lowest BCUT2D eigenvalue weighted by Crippen LogP contribution is -2.29. The van der Waals surface area contributed by atoms with Gasteiger partial charge in [0.15, 0.2) is 23.0 Å². The number of methoxy groups -OCH3 is 1. The van der Waals surface area contributed by atoms with Crippen molar-refractivity contribution < 1.29 is 34.0 Å². The number of rotatable bonds is 5. The third-order valence-electron chi connectivity index (χ3n) is 6.02. The average Bonchev–Trinajstić information content (AvgIpc) is 3.15. The van der Waals surface area contributed by atoms with Gasteiger partial charge in [-0.05, 0) is 63.5 Å². The maximum atomic E-state index is 13.3. The number of hydrogen-bond donors (Lipinski definition) is 2. The minimum Gasteiger partial charge on any atom is -0.507 e. The van der Waals surface area contributed by atoms with Gasteiger partial charge in [-0.25, -0.2) is 0 Å². The monoisotopic (exact) mass is 552 g/mol. The highest BCUT2D eigenvalue weighted by Gasteiger charge is 2.46. The Morgan fingerprint density at radius 1 is 1.17 bits per heavy atom. The van der Waals surface area contributed by atoms with E-state index in [1.54, 1.807) is 48.8 Å². The summed E-state index contributed by atoms with van der Waals surface area (Å²) < 4.78 is 16.8. The zero-order valence-corrected chi connectivity index (χ0v) is 20.7. The number of phenolic OH excluding ortho intramolecular Hbond substituents is 1. The molecule has 3 aromatic rings. The summed E-state index contributed by atoms with van der Waals surface area (Å²) in [6.45, 7) is 0.838. The molecule has 1 amide bonds. The molecule has 1 unspecified atom stereocenters. The van der Waals surface area contributed by atoms with Gasteiger partial charge in [-0.2, -0.15) is 0 Å². The number of aromatic hydroxyl groups is 1. The molecular weight excluding hydrogens is 532 g/mol. The van der Waals surface area contributed by atoms with E-state index in [0.29, 0.717) is 45.9 Å². The fraction of sp³-hybridized carbons (Fsp3) is 0.192. The van der Waals surface area contributed by atoms with Crippen molar-refractivity contribution in [2.75, 3.05) is 20.3 Å². The van der Waals surface area contributed by atoms with E-state index in [1.165, 1.54) is 18.1 Å². The number of nitrogens with zero attached hydrogens (tertiary/aromatic N) is 2. The highest BCUT2D eigenvalue weighted by atomic mass is 79.9. The molecule has 1 saturated heterocycles. The number of benzene rings is 2. The number of halogens is 1. The van der Waals surface area contributed by atoms with Crippen LogP contribution in [0.4, 0.5) is 0 Å². The quantitative estimate of drug-likeness (QED) is 0.277. The number of amides is 1. The number of aromatic nitrogens is 1. The van der Waals surface area contributed by atoms with Crippen LogP contribution in [0.3, 0.4) is 0 Å². The highest BCUT2D eigenvalue weighted by molar-refractivity contribution is 9.10. The Labute approximate surface area is 214 Å². The number of likely N-dealkylation sites (tertiary alicyclic amines) is 1. The topological polar surface area (TPSA) is 118 Å². The SMILES string of the molecule is COc1cc(C2/C(=C(\O)c3ccc4c(c3)OCCO4)C(=O)C(=O)N2Cc2cccnc2)cc(Br)c1O. The number of hydrogen-bond acceptors (Lipinski definition) is 8. The number of fused-ring (bicyclic) bond motifs is 1. The van der Waals surface area contributed by atoms with Gasteiger partial charge < -0.3 is 29.3 Å². The van der Waals surface area contributed by atoms with Crippen molar-refractivity contribution in [3.63, 3.8) is 0 Å². The van der Waals surface area contributed by atoms with Crippen LogP contribution in [0, 0.1) is 0 Å². The van der Waals surface area contributed by atoms with Gasteiger partial charge in [0.05, 0.1) is 23.2 Å². The van der Waals surface area contributed by atoms with Crippen LogP contribution in [0.25, 0.3) is 5.76 Å². The largest absolute Gasteiger partial charge is 0.507 e. The number of carbonyl (C=O) groups is 2. The Kier molecular flexibility index (Phi) is 6.27. The minimum absolute atomic E-state index is 0.0712. The standard InChI is InChI=1S/C26H21BrN2O7/c1-34-20-11-16(9-17(27)24(20)31)22-21(23(30)15-4-5-18-19(10-15)36-8-7-35-18)25(32)26(33)29(22)13-14-3-2-6-28-12-14/h2-6,9-12,22,30-31H,7-8,13H2,1H3/b23-21+.